The molecule has 0 radical (unpaired) electrons. The van der Waals surface area contributed by atoms with E-state index in [1.807, 2.05) is 7.05 Å². The fourth-order valence-electron chi connectivity index (χ4n) is 1.41. The molecule has 1 aliphatic heterocycles. The molecule has 1 heterocycles. The molecule has 1 aromatic rings. The van der Waals surface area contributed by atoms with Crippen molar-refractivity contribution in [2.45, 2.75) is 6.42 Å². The van der Waals surface area contributed by atoms with E-state index in [0.29, 0.717) is 0 Å². The molecule has 1 fully saturated rings. The summed E-state index contributed by atoms with van der Waals surface area (Å²) in [5, 5.41) is 3.11. The molecule has 64 valence electrons. The van der Waals surface area contributed by atoms with Crippen LogP contribution in [0.2, 0.25) is 0 Å². The van der Waals surface area contributed by atoms with Gasteiger partial charge in [0.25, 0.3) is 0 Å². The van der Waals surface area contributed by atoms with Gasteiger partial charge in [-0.15, -0.1) is 0 Å². The first-order valence-corrected chi connectivity index (χ1v) is 4.43. The molecule has 2 nitrogen and oxygen atoms in total. The third-order valence-electron chi connectivity index (χ3n) is 2.38. The molecule has 0 spiro atoms. The third kappa shape index (κ3) is 1.24. The number of anilines is 2. The number of rotatable bonds is 2. The first kappa shape index (κ1) is 7.47. The Kier molecular flexibility index (Phi) is 1.90. The molecular formula is C10H14N2. The molecule has 0 saturated carbocycles. The summed E-state index contributed by atoms with van der Waals surface area (Å²) in [6.45, 7) is 2.44. The summed E-state index contributed by atoms with van der Waals surface area (Å²) in [6.07, 6.45) is 1.34. The normalized spacial score (nSPS) is 15.6. The largest absolute Gasteiger partial charge is 0.388 e. The van der Waals surface area contributed by atoms with E-state index >= 15 is 0 Å². The second kappa shape index (κ2) is 3.05. The van der Waals surface area contributed by atoms with Gasteiger partial charge in [-0.2, -0.15) is 0 Å². The van der Waals surface area contributed by atoms with Gasteiger partial charge in [0.1, 0.15) is 0 Å². The van der Waals surface area contributed by atoms with Gasteiger partial charge < -0.3 is 10.2 Å². The summed E-state index contributed by atoms with van der Waals surface area (Å²) in [4.78, 5) is 2.39. The molecule has 2 heteroatoms. The van der Waals surface area contributed by atoms with Gasteiger partial charge in [0.2, 0.25) is 0 Å². The van der Waals surface area contributed by atoms with Crippen LogP contribution in [-0.4, -0.2) is 20.1 Å². The molecule has 1 aliphatic rings. The summed E-state index contributed by atoms with van der Waals surface area (Å²) >= 11 is 0. The summed E-state index contributed by atoms with van der Waals surface area (Å²) in [5.41, 5.74) is 2.53. The van der Waals surface area contributed by atoms with Gasteiger partial charge in [-0.05, 0) is 30.7 Å². The minimum Gasteiger partial charge on any atom is -0.388 e. The standard InChI is InChI=1S/C10H14N2/c1-11-9-3-5-10(6-4-9)12-7-2-8-12/h3-6,11H,2,7-8H2,1H3. The highest BCUT2D eigenvalue weighted by molar-refractivity contribution is 5.55. The Balaban J connectivity index is 2.13. The lowest BCUT2D eigenvalue weighted by Crippen LogP contribution is -2.36. The van der Waals surface area contributed by atoms with E-state index in [9.17, 15) is 0 Å². The van der Waals surface area contributed by atoms with Crippen molar-refractivity contribution < 1.29 is 0 Å². The molecule has 0 aromatic heterocycles. The van der Waals surface area contributed by atoms with Crippen LogP contribution in [0.4, 0.5) is 11.4 Å². The zero-order chi connectivity index (χ0) is 8.39. The van der Waals surface area contributed by atoms with Gasteiger partial charge in [-0.25, -0.2) is 0 Å². The van der Waals surface area contributed by atoms with Crippen molar-refractivity contribution in [3.8, 4) is 0 Å². The quantitative estimate of drug-likeness (QED) is 0.715. The van der Waals surface area contributed by atoms with E-state index in [0.717, 1.165) is 0 Å². The Hall–Kier alpha value is -1.18. The van der Waals surface area contributed by atoms with Crippen LogP contribution in [-0.2, 0) is 0 Å². The molecule has 1 aromatic carbocycles. The molecule has 0 aliphatic carbocycles. The lowest BCUT2D eigenvalue weighted by molar-refractivity contribution is 0.618. The van der Waals surface area contributed by atoms with E-state index in [4.69, 9.17) is 0 Å². The molecule has 0 atom stereocenters. The van der Waals surface area contributed by atoms with E-state index < -0.39 is 0 Å². The Morgan fingerprint density at radius 3 is 2.25 bits per heavy atom. The Labute approximate surface area is 73.2 Å². The van der Waals surface area contributed by atoms with Crippen LogP contribution in [0.15, 0.2) is 24.3 Å². The fraction of sp³-hybridized carbons (Fsp3) is 0.400. The summed E-state index contributed by atoms with van der Waals surface area (Å²) in [6, 6.07) is 8.58. The van der Waals surface area contributed by atoms with Crippen molar-refractivity contribution in [1.29, 1.82) is 0 Å². The summed E-state index contributed by atoms with van der Waals surface area (Å²) < 4.78 is 0. The van der Waals surface area contributed by atoms with Crippen molar-refractivity contribution in [2.24, 2.45) is 0 Å². The minimum atomic E-state index is 1.18. The predicted molar refractivity (Wildman–Crippen MR) is 52.8 cm³/mol. The van der Waals surface area contributed by atoms with Crippen LogP contribution < -0.4 is 10.2 Å². The van der Waals surface area contributed by atoms with E-state index in [1.54, 1.807) is 0 Å². The Morgan fingerprint density at radius 2 is 1.83 bits per heavy atom. The monoisotopic (exact) mass is 162 g/mol. The Morgan fingerprint density at radius 1 is 1.17 bits per heavy atom. The van der Waals surface area contributed by atoms with Crippen molar-refractivity contribution in [3.05, 3.63) is 24.3 Å². The second-order valence-corrected chi connectivity index (χ2v) is 3.14. The first-order chi connectivity index (χ1) is 5.90. The Bertz CT molecular complexity index is 249. The van der Waals surface area contributed by atoms with Crippen LogP contribution in [0.3, 0.4) is 0 Å². The fourth-order valence-corrected chi connectivity index (χ4v) is 1.41. The second-order valence-electron chi connectivity index (χ2n) is 3.14. The van der Waals surface area contributed by atoms with Gasteiger partial charge in [0.15, 0.2) is 0 Å². The highest BCUT2D eigenvalue weighted by atomic mass is 15.2. The third-order valence-corrected chi connectivity index (χ3v) is 2.38. The van der Waals surface area contributed by atoms with Gasteiger partial charge in [-0.3, -0.25) is 0 Å². The van der Waals surface area contributed by atoms with Crippen molar-refractivity contribution >= 4 is 11.4 Å². The van der Waals surface area contributed by atoms with E-state index in [1.165, 1.54) is 30.9 Å². The SMILES string of the molecule is CNc1ccc(N2CCC2)cc1. The van der Waals surface area contributed by atoms with Crippen molar-refractivity contribution in [2.75, 3.05) is 30.4 Å². The number of hydrogen-bond acceptors (Lipinski definition) is 2. The van der Waals surface area contributed by atoms with Crippen LogP contribution in [0.1, 0.15) is 6.42 Å². The maximum absolute atomic E-state index is 3.11. The molecule has 1 N–H and O–H groups in total. The first-order valence-electron chi connectivity index (χ1n) is 4.43. The number of benzene rings is 1. The minimum absolute atomic E-state index is 1.18. The van der Waals surface area contributed by atoms with Gasteiger partial charge in [0.05, 0.1) is 0 Å². The molecule has 2 rings (SSSR count). The smallest absolute Gasteiger partial charge is 0.0367 e. The maximum Gasteiger partial charge on any atom is 0.0367 e. The van der Waals surface area contributed by atoms with Crippen LogP contribution in [0.25, 0.3) is 0 Å². The zero-order valence-electron chi connectivity index (χ0n) is 7.38. The van der Waals surface area contributed by atoms with Gasteiger partial charge in [0, 0.05) is 31.5 Å². The topological polar surface area (TPSA) is 15.3 Å². The molecular weight excluding hydrogens is 148 g/mol. The van der Waals surface area contributed by atoms with Crippen molar-refractivity contribution in [1.82, 2.24) is 0 Å². The molecule has 0 amide bonds. The summed E-state index contributed by atoms with van der Waals surface area (Å²) in [7, 11) is 1.94. The molecule has 0 bridgehead atoms. The van der Waals surface area contributed by atoms with Gasteiger partial charge >= 0.3 is 0 Å². The maximum atomic E-state index is 3.11. The number of nitrogens with one attached hydrogen (secondary N) is 1. The van der Waals surface area contributed by atoms with Crippen LogP contribution in [0, 0.1) is 0 Å². The van der Waals surface area contributed by atoms with E-state index in [-0.39, 0.29) is 0 Å². The molecule has 0 unspecified atom stereocenters. The molecule has 1 saturated heterocycles. The highest BCUT2D eigenvalue weighted by Gasteiger charge is 2.13. The highest BCUT2D eigenvalue weighted by Crippen LogP contribution is 2.21. The summed E-state index contributed by atoms with van der Waals surface area (Å²) in [5.74, 6) is 0. The number of nitrogens with zero attached hydrogens (tertiary/aromatic N) is 1. The lowest BCUT2D eigenvalue weighted by atomic mass is 10.1. The predicted octanol–water partition coefficient (Wildman–Crippen LogP) is 1.94. The van der Waals surface area contributed by atoms with Crippen LogP contribution >= 0.6 is 0 Å². The average Bonchev–Trinajstić information content (AvgIpc) is 2.03. The van der Waals surface area contributed by atoms with Crippen molar-refractivity contribution in [3.63, 3.8) is 0 Å². The zero-order valence-corrected chi connectivity index (χ0v) is 7.38. The molecule has 12 heavy (non-hydrogen) atoms. The number of hydrogen-bond donors (Lipinski definition) is 1. The lowest BCUT2D eigenvalue weighted by Gasteiger charge is -2.33. The van der Waals surface area contributed by atoms with E-state index in [2.05, 4.69) is 34.5 Å². The van der Waals surface area contributed by atoms with Crippen LogP contribution in [0.5, 0.6) is 0 Å². The van der Waals surface area contributed by atoms with Gasteiger partial charge in [-0.1, -0.05) is 0 Å². The average molecular weight is 162 g/mol.